The lowest BCUT2D eigenvalue weighted by atomic mass is 10.0. The van der Waals surface area contributed by atoms with Crippen LogP contribution < -0.4 is 5.73 Å². The number of thiocarbonyl (C=S) groups is 1. The van der Waals surface area contributed by atoms with Crippen LogP contribution in [0.1, 0.15) is 31.0 Å². The second kappa shape index (κ2) is 7.11. The Morgan fingerprint density at radius 2 is 2.20 bits per heavy atom. The molecule has 2 rings (SSSR count). The molecule has 0 bridgehead atoms. The zero-order valence-electron chi connectivity index (χ0n) is 12.4. The fraction of sp³-hybridized carbons (Fsp3) is 0.600. The van der Waals surface area contributed by atoms with Crippen LogP contribution in [0.2, 0.25) is 0 Å². The summed E-state index contributed by atoms with van der Waals surface area (Å²) < 4.78 is 0. The minimum atomic E-state index is 0.366. The molecule has 0 saturated carbocycles. The lowest BCUT2D eigenvalue weighted by Gasteiger charge is -2.36. The Balaban J connectivity index is 1.93. The third-order valence-electron chi connectivity index (χ3n) is 4.14. The van der Waals surface area contributed by atoms with Gasteiger partial charge in [-0.25, -0.2) is 0 Å². The summed E-state index contributed by atoms with van der Waals surface area (Å²) in [5.74, 6) is 0. The van der Waals surface area contributed by atoms with E-state index in [0.29, 0.717) is 16.7 Å². The van der Waals surface area contributed by atoms with Crippen molar-refractivity contribution >= 4 is 17.2 Å². The van der Waals surface area contributed by atoms with Crippen molar-refractivity contribution in [2.24, 2.45) is 5.73 Å². The molecule has 0 unspecified atom stereocenters. The van der Waals surface area contributed by atoms with Crippen molar-refractivity contribution in [3.63, 3.8) is 0 Å². The maximum Gasteiger partial charge on any atom is 0.122 e. The van der Waals surface area contributed by atoms with Gasteiger partial charge in [-0.05, 0) is 57.2 Å². The van der Waals surface area contributed by atoms with Crippen LogP contribution >= 0.6 is 12.2 Å². The van der Waals surface area contributed by atoms with E-state index in [1.165, 1.54) is 31.5 Å². The highest BCUT2D eigenvalue weighted by atomic mass is 32.1. The zero-order valence-corrected chi connectivity index (χ0v) is 13.2. The van der Waals surface area contributed by atoms with E-state index in [2.05, 4.69) is 28.8 Å². The van der Waals surface area contributed by atoms with E-state index in [1.807, 2.05) is 12.1 Å². The van der Waals surface area contributed by atoms with E-state index >= 15 is 0 Å². The van der Waals surface area contributed by atoms with Crippen LogP contribution in [0.25, 0.3) is 0 Å². The molecule has 1 fully saturated rings. The van der Waals surface area contributed by atoms with Gasteiger partial charge in [0.15, 0.2) is 0 Å². The number of nitrogens with zero attached hydrogens (tertiary/aromatic N) is 3. The smallest absolute Gasteiger partial charge is 0.122 e. The number of hydrogen-bond donors (Lipinski definition) is 1. The van der Waals surface area contributed by atoms with Crippen molar-refractivity contribution < 1.29 is 0 Å². The van der Waals surface area contributed by atoms with Gasteiger partial charge in [-0.3, -0.25) is 9.88 Å². The molecule has 20 heavy (non-hydrogen) atoms. The first kappa shape index (κ1) is 15.4. The largest absolute Gasteiger partial charge is 0.388 e. The molecular formula is C15H24N4S. The SMILES string of the molecule is CCN1CCC(N(C)Cc2ccnc(C(N)=S)c2)CC1. The van der Waals surface area contributed by atoms with Crippen LogP contribution in [-0.2, 0) is 6.54 Å². The van der Waals surface area contributed by atoms with Crippen LogP contribution in [0.5, 0.6) is 0 Å². The number of pyridine rings is 1. The monoisotopic (exact) mass is 292 g/mol. The summed E-state index contributed by atoms with van der Waals surface area (Å²) in [7, 11) is 2.20. The summed E-state index contributed by atoms with van der Waals surface area (Å²) in [5.41, 5.74) is 7.58. The lowest BCUT2D eigenvalue weighted by molar-refractivity contribution is 0.127. The standard InChI is InChI=1S/C15H24N4S/c1-3-19-8-5-13(6-9-19)18(2)11-12-4-7-17-14(10-12)15(16)20/h4,7,10,13H,3,5-6,8-9,11H2,1-2H3,(H2,16,20). The molecule has 2 N–H and O–H groups in total. The van der Waals surface area contributed by atoms with E-state index in [-0.39, 0.29) is 0 Å². The number of nitrogens with two attached hydrogens (primary N) is 1. The third-order valence-corrected chi connectivity index (χ3v) is 4.35. The summed E-state index contributed by atoms with van der Waals surface area (Å²) in [6.45, 7) is 6.74. The van der Waals surface area contributed by atoms with Crippen molar-refractivity contribution in [2.45, 2.75) is 32.4 Å². The van der Waals surface area contributed by atoms with E-state index in [4.69, 9.17) is 18.0 Å². The zero-order chi connectivity index (χ0) is 14.5. The van der Waals surface area contributed by atoms with Crippen LogP contribution in [0.3, 0.4) is 0 Å². The number of rotatable bonds is 5. The second-order valence-electron chi connectivity index (χ2n) is 5.49. The highest BCUT2D eigenvalue weighted by Crippen LogP contribution is 2.17. The topological polar surface area (TPSA) is 45.4 Å². The Labute approximate surface area is 127 Å². The summed E-state index contributed by atoms with van der Waals surface area (Å²) in [5, 5.41) is 0. The first-order chi connectivity index (χ1) is 9.60. The molecule has 1 saturated heterocycles. The van der Waals surface area contributed by atoms with Crippen LogP contribution in [0.15, 0.2) is 18.3 Å². The fourth-order valence-corrected chi connectivity index (χ4v) is 2.91. The predicted molar refractivity (Wildman–Crippen MR) is 86.7 cm³/mol. The molecule has 110 valence electrons. The normalized spacial score (nSPS) is 17.6. The molecule has 0 radical (unpaired) electrons. The van der Waals surface area contributed by atoms with Gasteiger partial charge in [0.05, 0.1) is 5.69 Å². The summed E-state index contributed by atoms with van der Waals surface area (Å²) in [6, 6.07) is 4.71. The molecule has 1 aromatic rings. The Kier molecular flexibility index (Phi) is 5.46. The van der Waals surface area contributed by atoms with Gasteiger partial charge in [0.25, 0.3) is 0 Å². The summed E-state index contributed by atoms with van der Waals surface area (Å²) >= 11 is 4.98. The average Bonchev–Trinajstić information content (AvgIpc) is 2.47. The lowest BCUT2D eigenvalue weighted by Crippen LogP contribution is -2.42. The Morgan fingerprint density at radius 3 is 2.80 bits per heavy atom. The Morgan fingerprint density at radius 1 is 1.50 bits per heavy atom. The van der Waals surface area contributed by atoms with Gasteiger partial charge in [-0.15, -0.1) is 0 Å². The second-order valence-corrected chi connectivity index (χ2v) is 5.93. The Hall–Kier alpha value is -1.04. The highest BCUT2D eigenvalue weighted by Gasteiger charge is 2.21. The van der Waals surface area contributed by atoms with Crippen molar-refractivity contribution in [2.75, 3.05) is 26.7 Å². The Bertz CT molecular complexity index is 455. The molecule has 5 heteroatoms. The molecule has 0 amide bonds. The molecule has 0 aliphatic carbocycles. The maximum atomic E-state index is 5.64. The average molecular weight is 292 g/mol. The van der Waals surface area contributed by atoms with Gasteiger partial charge in [-0.2, -0.15) is 0 Å². The molecule has 0 atom stereocenters. The first-order valence-electron chi connectivity index (χ1n) is 7.27. The molecule has 0 aromatic carbocycles. The van der Waals surface area contributed by atoms with Gasteiger partial charge in [-0.1, -0.05) is 19.1 Å². The molecule has 1 aromatic heterocycles. The summed E-state index contributed by atoms with van der Waals surface area (Å²) in [4.78, 5) is 9.51. The van der Waals surface area contributed by atoms with Gasteiger partial charge in [0.1, 0.15) is 4.99 Å². The minimum absolute atomic E-state index is 0.366. The third kappa shape index (κ3) is 3.98. The van der Waals surface area contributed by atoms with Gasteiger partial charge >= 0.3 is 0 Å². The van der Waals surface area contributed by atoms with Gasteiger partial charge in [0, 0.05) is 18.8 Å². The van der Waals surface area contributed by atoms with Crippen LogP contribution in [-0.4, -0.2) is 52.5 Å². The van der Waals surface area contributed by atoms with Crippen LogP contribution in [0, 0.1) is 0 Å². The molecule has 1 aliphatic rings. The minimum Gasteiger partial charge on any atom is -0.388 e. The maximum absolute atomic E-state index is 5.64. The number of aromatic nitrogens is 1. The van der Waals surface area contributed by atoms with Crippen molar-refractivity contribution in [3.8, 4) is 0 Å². The van der Waals surface area contributed by atoms with Crippen molar-refractivity contribution in [1.82, 2.24) is 14.8 Å². The van der Waals surface area contributed by atoms with Gasteiger partial charge in [0.2, 0.25) is 0 Å². The summed E-state index contributed by atoms with van der Waals surface area (Å²) in [6.07, 6.45) is 4.28. The van der Waals surface area contributed by atoms with E-state index < -0.39 is 0 Å². The fourth-order valence-electron chi connectivity index (χ4n) is 2.80. The van der Waals surface area contributed by atoms with E-state index in [1.54, 1.807) is 6.20 Å². The number of piperidine rings is 1. The van der Waals surface area contributed by atoms with Crippen molar-refractivity contribution in [1.29, 1.82) is 0 Å². The first-order valence-corrected chi connectivity index (χ1v) is 7.68. The number of likely N-dealkylation sites (tertiary alicyclic amines) is 1. The van der Waals surface area contributed by atoms with Crippen molar-refractivity contribution in [3.05, 3.63) is 29.6 Å². The molecular weight excluding hydrogens is 268 g/mol. The quantitative estimate of drug-likeness (QED) is 0.836. The van der Waals surface area contributed by atoms with E-state index in [9.17, 15) is 0 Å². The predicted octanol–water partition coefficient (Wildman–Crippen LogP) is 1.63. The van der Waals surface area contributed by atoms with Crippen LogP contribution in [0.4, 0.5) is 0 Å². The van der Waals surface area contributed by atoms with E-state index in [0.717, 1.165) is 13.1 Å². The molecule has 1 aliphatic heterocycles. The van der Waals surface area contributed by atoms with Gasteiger partial charge < -0.3 is 10.6 Å². The molecule has 4 nitrogen and oxygen atoms in total. The molecule has 2 heterocycles. The highest BCUT2D eigenvalue weighted by molar-refractivity contribution is 7.80. The number of hydrogen-bond acceptors (Lipinski definition) is 4. The molecule has 0 spiro atoms.